The van der Waals surface area contributed by atoms with E-state index >= 15 is 0 Å². The molecule has 0 aliphatic carbocycles. The van der Waals surface area contributed by atoms with Crippen molar-refractivity contribution in [3.05, 3.63) is 42.0 Å². The molecule has 1 unspecified atom stereocenters. The van der Waals surface area contributed by atoms with Crippen molar-refractivity contribution in [1.82, 2.24) is 0 Å². The number of hydrogen-bond acceptors (Lipinski definition) is 2. The van der Waals surface area contributed by atoms with Crippen molar-refractivity contribution < 1.29 is 9.47 Å². The van der Waals surface area contributed by atoms with Crippen LogP contribution < -0.4 is 4.74 Å². The first-order valence-electron chi connectivity index (χ1n) is 6.69. The minimum absolute atomic E-state index is 0.118. The standard InChI is InChI=1S/C17H15ClO2/c18-10-3-6-16-15-5-2-1-4-13(15)7-8-17(16)20-14-9-11-19-12-14/h1-2,4-5,7-8,14H,9-12H2. The van der Waals surface area contributed by atoms with Gasteiger partial charge in [-0.2, -0.15) is 0 Å². The first-order chi connectivity index (χ1) is 9.88. The summed E-state index contributed by atoms with van der Waals surface area (Å²) in [5, 5.41) is 2.25. The van der Waals surface area contributed by atoms with Crippen LogP contribution in [-0.2, 0) is 4.74 Å². The van der Waals surface area contributed by atoms with Crippen molar-refractivity contribution in [1.29, 1.82) is 0 Å². The molecule has 0 aromatic heterocycles. The summed E-state index contributed by atoms with van der Waals surface area (Å²) in [5.41, 5.74) is 0.913. The summed E-state index contributed by atoms with van der Waals surface area (Å²) >= 11 is 5.69. The van der Waals surface area contributed by atoms with Crippen LogP contribution in [0.3, 0.4) is 0 Å². The van der Waals surface area contributed by atoms with Gasteiger partial charge in [-0.1, -0.05) is 42.2 Å². The molecule has 0 bridgehead atoms. The Bertz CT molecular complexity index is 663. The van der Waals surface area contributed by atoms with Crippen molar-refractivity contribution >= 4 is 22.4 Å². The molecule has 1 aliphatic rings. The Labute approximate surface area is 123 Å². The molecule has 1 fully saturated rings. The zero-order chi connectivity index (χ0) is 13.8. The van der Waals surface area contributed by atoms with Gasteiger partial charge in [0.1, 0.15) is 11.9 Å². The summed E-state index contributed by atoms with van der Waals surface area (Å²) in [6.07, 6.45) is 1.04. The van der Waals surface area contributed by atoms with Gasteiger partial charge in [0, 0.05) is 11.8 Å². The van der Waals surface area contributed by atoms with Gasteiger partial charge < -0.3 is 9.47 Å². The van der Waals surface area contributed by atoms with Gasteiger partial charge in [0.15, 0.2) is 0 Å². The summed E-state index contributed by atoms with van der Waals surface area (Å²) in [5.74, 6) is 7.19. The summed E-state index contributed by atoms with van der Waals surface area (Å²) in [6.45, 7) is 1.41. The maximum atomic E-state index is 6.04. The fourth-order valence-electron chi connectivity index (χ4n) is 2.39. The van der Waals surface area contributed by atoms with Gasteiger partial charge >= 0.3 is 0 Å². The molecule has 102 valence electrons. The summed E-state index contributed by atoms with van der Waals surface area (Å²) in [6, 6.07) is 12.2. The lowest BCUT2D eigenvalue weighted by molar-refractivity contribution is 0.141. The lowest BCUT2D eigenvalue weighted by atomic mass is 10.0. The van der Waals surface area contributed by atoms with Gasteiger partial charge in [-0.15, -0.1) is 11.6 Å². The molecule has 3 rings (SSSR count). The molecule has 1 aliphatic heterocycles. The largest absolute Gasteiger partial charge is 0.487 e. The molecule has 2 aromatic carbocycles. The van der Waals surface area contributed by atoms with Crippen LogP contribution in [-0.4, -0.2) is 25.2 Å². The van der Waals surface area contributed by atoms with Gasteiger partial charge in [-0.3, -0.25) is 0 Å². The van der Waals surface area contributed by atoms with Crippen LogP contribution in [0.15, 0.2) is 36.4 Å². The second-order valence-corrected chi connectivity index (χ2v) is 4.97. The fraction of sp³-hybridized carbons (Fsp3) is 0.294. The fourth-order valence-corrected chi connectivity index (χ4v) is 2.45. The highest BCUT2D eigenvalue weighted by Gasteiger charge is 2.19. The molecule has 2 nitrogen and oxygen atoms in total. The van der Waals surface area contributed by atoms with Gasteiger partial charge in [0.25, 0.3) is 0 Å². The summed E-state index contributed by atoms with van der Waals surface area (Å²) in [7, 11) is 0. The Morgan fingerprint density at radius 2 is 2.15 bits per heavy atom. The average molecular weight is 287 g/mol. The maximum absolute atomic E-state index is 6.04. The molecule has 0 spiro atoms. The van der Waals surface area contributed by atoms with Crippen LogP contribution in [0.25, 0.3) is 10.8 Å². The normalized spacial score (nSPS) is 17.8. The van der Waals surface area contributed by atoms with Crippen LogP contribution in [0.2, 0.25) is 0 Å². The molecule has 1 saturated heterocycles. The molecule has 2 aromatic rings. The van der Waals surface area contributed by atoms with E-state index in [9.17, 15) is 0 Å². The average Bonchev–Trinajstić information content (AvgIpc) is 2.99. The molecule has 20 heavy (non-hydrogen) atoms. The van der Waals surface area contributed by atoms with Crippen molar-refractivity contribution in [3.8, 4) is 17.6 Å². The predicted octanol–water partition coefficient (Wildman–Crippen LogP) is 3.60. The summed E-state index contributed by atoms with van der Waals surface area (Å²) < 4.78 is 11.4. The third kappa shape index (κ3) is 2.75. The molecule has 0 saturated carbocycles. The summed E-state index contributed by atoms with van der Waals surface area (Å²) in [4.78, 5) is 0. The zero-order valence-electron chi connectivity index (χ0n) is 11.1. The van der Waals surface area contributed by atoms with E-state index in [4.69, 9.17) is 21.1 Å². The Balaban J connectivity index is 2.05. The number of hydrogen-bond donors (Lipinski definition) is 0. The monoisotopic (exact) mass is 286 g/mol. The molecule has 3 heteroatoms. The van der Waals surface area contributed by atoms with Crippen molar-refractivity contribution in [2.75, 3.05) is 19.1 Å². The van der Waals surface area contributed by atoms with Crippen LogP contribution >= 0.6 is 11.6 Å². The number of rotatable bonds is 2. The van der Waals surface area contributed by atoms with Gasteiger partial charge in [-0.25, -0.2) is 0 Å². The number of benzene rings is 2. The quantitative estimate of drug-likeness (QED) is 0.620. The van der Waals surface area contributed by atoms with Crippen LogP contribution in [0, 0.1) is 11.8 Å². The number of alkyl halides is 1. The minimum atomic E-state index is 0.118. The van der Waals surface area contributed by atoms with Crippen molar-refractivity contribution in [2.24, 2.45) is 0 Å². The molecular formula is C17H15ClO2. The van der Waals surface area contributed by atoms with E-state index in [0.717, 1.165) is 35.1 Å². The number of ether oxygens (including phenoxy) is 2. The lowest BCUT2D eigenvalue weighted by Crippen LogP contribution is -2.16. The van der Waals surface area contributed by atoms with Crippen LogP contribution in [0.4, 0.5) is 0 Å². The van der Waals surface area contributed by atoms with E-state index in [1.165, 1.54) is 0 Å². The highest BCUT2D eigenvalue weighted by molar-refractivity contribution is 6.19. The Morgan fingerprint density at radius 1 is 1.25 bits per heavy atom. The molecular weight excluding hydrogens is 272 g/mol. The predicted molar refractivity (Wildman–Crippen MR) is 81.4 cm³/mol. The van der Waals surface area contributed by atoms with Gasteiger partial charge in [-0.05, 0) is 11.5 Å². The van der Waals surface area contributed by atoms with E-state index < -0.39 is 0 Å². The molecule has 1 atom stereocenters. The second-order valence-electron chi connectivity index (χ2n) is 4.70. The van der Waals surface area contributed by atoms with Crippen LogP contribution in [0.1, 0.15) is 12.0 Å². The highest BCUT2D eigenvalue weighted by Crippen LogP contribution is 2.29. The number of fused-ring (bicyclic) bond motifs is 1. The van der Waals surface area contributed by atoms with E-state index in [0.29, 0.717) is 12.5 Å². The molecule has 0 amide bonds. The van der Waals surface area contributed by atoms with E-state index in [2.05, 4.69) is 30.0 Å². The maximum Gasteiger partial charge on any atom is 0.136 e. The van der Waals surface area contributed by atoms with Crippen LogP contribution in [0.5, 0.6) is 5.75 Å². The van der Waals surface area contributed by atoms with E-state index in [-0.39, 0.29) is 6.10 Å². The second kappa shape index (κ2) is 6.17. The third-order valence-electron chi connectivity index (χ3n) is 3.35. The molecule has 0 N–H and O–H groups in total. The van der Waals surface area contributed by atoms with Gasteiger partial charge in [0.05, 0.1) is 24.7 Å². The SMILES string of the molecule is ClCC#Cc1c(OC2CCOC2)ccc2ccccc12. The first-order valence-corrected chi connectivity index (χ1v) is 7.23. The topological polar surface area (TPSA) is 18.5 Å². The number of halogens is 1. The molecule has 1 heterocycles. The van der Waals surface area contributed by atoms with Crippen molar-refractivity contribution in [3.63, 3.8) is 0 Å². The van der Waals surface area contributed by atoms with E-state index in [1.807, 2.05) is 18.2 Å². The smallest absolute Gasteiger partial charge is 0.136 e. The van der Waals surface area contributed by atoms with E-state index in [1.54, 1.807) is 0 Å². The highest BCUT2D eigenvalue weighted by atomic mass is 35.5. The Kier molecular flexibility index (Phi) is 4.11. The third-order valence-corrected chi connectivity index (χ3v) is 3.49. The minimum Gasteiger partial charge on any atom is -0.487 e. The Morgan fingerprint density at radius 3 is 2.95 bits per heavy atom. The molecule has 0 radical (unpaired) electrons. The Hall–Kier alpha value is -1.69. The first kappa shape index (κ1) is 13.3. The zero-order valence-corrected chi connectivity index (χ0v) is 11.8. The lowest BCUT2D eigenvalue weighted by Gasteiger charge is -2.15. The van der Waals surface area contributed by atoms with Gasteiger partial charge in [0.2, 0.25) is 0 Å². The van der Waals surface area contributed by atoms with Crippen molar-refractivity contribution in [2.45, 2.75) is 12.5 Å².